The fraction of sp³-hybridized carbons (Fsp3) is 0.333. The van der Waals surface area contributed by atoms with Crippen molar-refractivity contribution >= 4 is 11.9 Å². The van der Waals surface area contributed by atoms with Crippen LogP contribution >= 0.6 is 0 Å². The quantitative estimate of drug-likeness (QED) is 0.639. The van der Waals surface area contributed by atoms with Gasteiger partial charge in [-0.1, -0.05) is 13.2 Å². The largest absolute Gasteiger partial charge is 0.481 e. The fourth-order valence-corrected chi connectivity index (χ4v) is 0.459. The van der Waals surface area contributed by atoms with Gasteiger partial charge in [-0.25, -0.2) is 0 Å². The van der Waals surface area contributed by atoms with Gasteiger partial charge in [0.2, 0.25) is 0 Å². The number of rotatable bonds is 6. The summed E-state index contributed by atoms with van der Waals surface area (Å²) in [5.41, 5.74) is 0. The van der Waals surface area contributed by atoms with E-state index in [0.717, 1.165) is 0 Å². The summed E-state index contributed by atoms with van der Waals surface area (Å²) in [5.74, 6) is -1.90. The number of carbonyl (C=O) groups is 2. The maximum atomic E-state index is 9.79. The molecule has 0 saturated heterocycles. The minimum atomic E-state index is -0.948. The van der Waals surface area contributed by atoms with Crippen molar-refractivity contribution < 1.29 is 24.5 Å². The highest BCUT2D eigenvalue weighted by molar-refractivity contribution is 5.69. The molecule has 0 rings (SSSR count). The highest BCUT2D eigenvalue weighted by atomic mass is 16.5. The van der Waals surface area contributed by atoms with Crippen LogP contribution in [0.5, 0.6) is 0 Å². The Balaban J connectivity index is 0. The monoisotopic (exact) mass is 202 g/mol. The van der Waals surface area contributed by atoms with Crippen LogP contribution in [-0.2, 0) is 14.3 Å². The smallest absolute Gasteiger partial charge is 0.303 e. The first-order valence-corrected chi connectivity index (χ1v) is 3.85. The minimum absolute atomic E-state index is 0.0632. The summed E-state index contributed by atoms with van der Waals surface area (Å²) in [6, 6.07) is 0. The second kappa shape index (κ2) is 11.2. The molecule has 0 amide bonds. The van der Waals surface area contributed by atoms with Crippen molar-refractivity contribution in [3.8, 4) is 0 Å². The average molecular weight is 202 g/mol. The van der Waals surface area contributed by atoms with Crippen molar-refractivity contribution in [1.82, 2.24) is 0 Å². The molecule has 0 unspecified atom stereocenters. The summed E-state index contributed by atoms with van der Waals surface area (Å²) in [4.78, 5) is 19.6. The van der Waals surface area contributed by atoms with Gasteiger partial charge in [0, 0.05) is 12.8 Å². The van der Waals surface area contributed by atoms with E-state index in [1.54, 1.807) is 0 Å². The van der Waals surface area contributed by atoms with Crippen molar-refractivity contribution in [2.24, 2.45) is 0 Å². The molecule has 0 aromatic rings. The van der Waals surface area contributed by atoms with Crippen LogP contribution < -0.4 is 0 Å². The SMILES string of the molecule is C=COC=C.O=C(O)CCCC(=O)O. The van der Waals surface area contributed by atoms with Gasteiger partial charge in [-0.3, -0.25) is 9.59 Å². The third-order valence-corrected chi connectivity index (χ3v) is 0.974. The molecule has 0 aromatic heterocycles. The molecule has 80 valence electrons. The lowest BCUT2D eigenvalue weighted by Gasteiger charge is -1.89. The van der Waals surface area contributed by atoms with Crippen LogP contribution in [0, 0.1) is 0 Å². The molecular formula is C9H14O5. The minimum Gasteiger partial charge on any atom is -0.481 e. The number of hydrogen-bond donors (Lipinski definition) is 2. The zero-order valence-corrected chi connectivity index (χ0v) is 7.81. The molecule has 0 heterocycles. The summed E-state index contributed by atoms with van der Waals surface area (Å²) in [6.07, 6.45) is 2.71. The summed E-state index contributed by atoms with van der Waals surface area (Å²) in [7, 11) is 0. The number of carboxylic acids is 2. The predicted octanol–water partition coefficient (Wildman–Crippen LogP) is 1.62. The maximum Gasteiger partial charge on any atom is 0.303 e. The fourth-order valence-electron chi connectivity index (χ4n) is 0.459. The van der Waals surface area contributed by atoms with Crippen LogP contribution in [0.4, 0.5) is 0 Å². The molecule has 0 spiro atoms. The highest BCUT2D eigenvalue weighted by Gasteiger charge is 1.99. The lowest BCUT2D eigenvalue weighted by molar-refractivity contribution is -0.138. The molecule has 5 heteroatoms. The van der Waals surface area contributed by atoms with Crippen molar-refractivity contribution in [3.05, 3.63) is 25.7 Å². The third kappa shape index (κ3) is 22.5. The van der Waals surface area contributed by atoms with Crippen LogP contribution in [0.1, 0.15) is 19.3 Å². The van der Waals surface area contributed by atoms with E-state index in [2.05, 4.69) is 17.9 Å². The van der Waals surface area contributed by atoms with Gasteiger partial charge in [-0.05, 0) is 6.42 Å². The van der Waals surface area contributed by atoms with Crippen molar-refractivity contribution in [1.29, 1.82) is 0 Å². The lowest BCUT2D eigenvalue weighted by atomic mass is 10.2. The van der Waals surface area contributed by atoms with Gasteiger partial charge in [0.15, 0.2) is 0 Å². The normalized spacial score (nSPS) is 7.71. The van der Waals surface area contributed by atoms with Crippen LogP contribution in [-0.4, -0.2) is 22.2 Å². The summed E-state index contributed by atoms with van der Waals surface area (Å²) in [5, 5.41) is 16.1. The molecule has 0 fully saturated rings. The zero-order valence-electron chi connectivity index (χ0n) is 7.81. The number of aliphatic carboxylic acids is 2. The van der Waals surface area contributed by atoms with Gasteiger partial charge in [-0.2, -0.15) is 0 Å². The topological polar surface area (TPSA) is 83.8 Å². The first-order valence-electron chi connectivity index (χ1n) is 3.85. The molecule has 14 heavy (non-hydrogen) atoms. The molecule has 0 aliphatic heterocycles. The third-order valence-electron chi connectivity index (χ3n) is 0.974. The summed E-state index contributed by atoms with van der Waals surface area (Å²) in [6.45, 7) is 6.51. The van der Waals surface area contributed by atoms with Crippen molar-refractivity contribution in [2.75, 3.05) is 0 Å². The van der Waals surface area contributed by atoms with Crippen LogP contribution in [0.25, 0.3) is 0 Å². The zero-order chi connectivity index (χ0) is 11.4. The van der Waals surface area contributed by atoms with E-state index < -0.39 is 11.9 Å². The number of ether oxygens (including phenoxy) is 1. The van der Waals surface area contributed by atoms with E-state index in [9.17, 15) is 9.59 Å². The van der Waals surface area contributed by atoms with E-state index in [-0.39, 0.29) is 19.3 Å². The Morgan fingerprint density at radius 3 is 1.57 bits per heavy atom. The van der Waals surface area contributed by atoms with E-state index >= 15 is 0 Å². The van der Waals surface area contributed by atoms with Crippen molar-refractivity contribution in [2.45, 2.75) is 19.3 Å². The second-order valence-corrected chi connectivity index (χ2v) is 2.11. The van der Waals surface area contributed by atoms with Gasteiger partial charge in [0.1, 0.15) is 0 Å². The molecule has 0 saturated carbocycles. The first-order chi connectivity index (χ1) is 6.54. The Kier molecular flexibility index (Phi) is 11.8. The first kappa shape index (κ1) is 14.7. The Morgan fingerprint density at radius 1 is 1.07 bits per heavy atom. The van der Waals surface area contributed by atoms with Gasteiger partial charge in [0.05, 0.1) is 12.5 Å². The Morgan fingerprint density at radius 2 is 1.43 bits per heavy atom. The van der Waals surface area contributed by atoms with Gasteiger partial charge in [-0.15, -0.1) is 0 Å². The van der Waals surface area contributed by atoms with Crippen molar-refractivity contribution in [3.63, 3.8) is 0 Å². The van der Waals surface area contributed by atoms with Crippen LogP contribution in [0.15, 0.2) is 25.7 Å². The molecule has 0 bridgehead atoms. The van der Waals surface area contributed by atoms with Crippen LogP contribution in [0.2, 0.25) is 0 Å². The van der Waals surface area contributed by atoms with Gasteiger partial charge in [0.25, 0.3) is 0 Å². The molecule has 0 aliphatic rings. The van der Waals surface area contributed by atoms with Gasteiger partial charge < -0.3 is 14.9 Å². The Labute approximate surface area is 82.3 Å². The predicted molar refractivity (Wildman–Crippen MR) is 50.6 cm³/mol. The summed E-state index contributed by atoms with van der Waals surface area (Å²) >= 11 is 0. The van der Waals surface area contributed by atoms with E-state index in [1.165, 1.54) is 12.5 Å². The second-order valence-electron chi connectivity index (χ2n) is 2.11. The standard InChI is InChI=1S/C5H8O4.C4H6O/c6-4(7)2-1-3-5(8)9;1-3-5-4-2/h1-3H2,(H,6,7)(H,8,9);3-4H,1-2H2. The molecule has 2 N–H and O–H groups in total. The Bertz CT molecular complexity index is 177. The Hall–Kier alpha value is -1.78. The maximum absolute atomic E-state index is 9.79. The highest BCUT2D eigenvalue weighted by Crippen LogP contribution is 1.93. The van der Waals surface area contributed by atoms with E-state index in [4.69, 9.17) is 10.2 Å². The molecule has 0 radical (unpaired) electrons. The number of carboxylic acid groups (broad SMARTS) is 2. The molecule has 0 aromatic carbocycles. The van der Waals surface area contributed by atoms with E-state index in [0.29, 0.717) is 0 Å². The molecule has 0 aliphatic carbocycles. The lowest BCUT2D eigenvalue weighted by Crippen LogP contribution is -1.98. The molecular weight excluding hydrogens is 188 g/mol. The van der Waals surface area contributed by atoms with Gasteiger partial charge >= 0.3 is 11.9 Å². The van der Waals surface area contributed by atoms with E-state index in [1.807, 2.05) is 0 Å². The molecule has 5 nitrogen and oxygen atoms in total. The number of hydrogen-bond acceptors (Lipinski definition) is 3. The average Bonchev–Trinajstić information content (AvgIpc) is 2.05. The van der Waals surface area contributed by atoms with Crippen LogP contribution in [0.3, 0.4) is 0 Å². The molecule has 0 atom stereocenters. The summed E-state index contributed by atoms with van der Waals surface area (Å²) < 4.78 is 4.36.